The first kappa shape index (κ1) is 87.7. The van der Waals surface area contributed by atoms with Gasteiger partial charge in [-0.3, -0.25) is 28.8 Å². The van der Waals surface area contributed by atoms with Gasteiger partial charge in [0.15, 0.2) is 0 Å². The van der Waals surface area contributed by atoms with Gasteiger partial charge in [-0.15, -0.1) is 0 Å². The second-order valence-corrected chi connectivity index (χ2v) is 40.6. The van der Waals surface area contributed by atoms with Gasteiger partial charge in [0.2, 0.25) is 0 Å². The van der Waals surface area contributed by atoms with Crippen LogP contribution >= 0.6 is 0 Å². The molecule has 0 aliphatic carbocycles. The second kappa shape index (κ2) is 57.7. The van der Waals surface area contributed by atoms with Crippen LogP contribution < -0.4 is 11.4 Å². The summed E-state index contributed by atoms with van der Waals surface area (Å²) in [4.78, 5) is 71.3. The predicted molar refractivity (Wildman–Crippen MR) is 370 cm³/mol. The number of unbranched alkanes of at least 4 members (excludes halogenated alkanes) is 26. The van der Waals surface area contributed by atoms with E-state index in [0.29, 0.717) is 17.2 Å². The maximum absolute atomic E-state index is 12.3. The molecule has 3 saturated heterocycles. The molecule has 0 amide bonds. The SMILES string of the molecule is CCCCCCCC(=O)[O][Al]1[O][Al]([O]C(=O)CCCCCCC)[O][Al]([O]C(=O)CCCCCCC)[O]1.CCCCCCCCCCCCCCCCCC(=O)[O][Al]1[O][Al]([O]C(C)=O)[O][Al]([O]C(C)=O)[O]1.c1ccc([O][Al]2[O][Al]([O]c3ccccc3)[O][Al]([O]c3ccccc3)[O]2)cc1. The van der Waals surface area contributed by atoms with Gasteiger partial charge in [0.05, 0.1) is 17.2 Å². The zero-order valence-electron chi connectivity index (χ0n) is 58.2. The van der Waals surface area contributed by atoms with Crippen LogP contribution in [0.3, 0.4) is 0 Å². The molecular weight excluding hydrogens is 1400 g/mol. The Morgan fingerprint density at radius 3 is 0.619 bits per heavy atom. The van der Waals surface area contributed by atoms with Crippen molar-refractivity contribution in [3.63, 3.8) is 0 Å². The van der Waals surface area contributed by atoms with E-state index < -0.39 is 172 Å². The van der Waals surface area contributed by atoms with Crippen molar-refractivity contribution in [2.75, 3.05) is 0 Å². The van der Waals surface area contributed by atoms with Crippen molar-refractivity contribution in [3.8, 4) is 17.2 Å². The molecule has 528 valence electrons. The molecule has 3 aliphatic rings. The normalized spacial score (nSPS) is 13.7. The van der Waals surface area contributed by atoms with E-state index in [1.165, 1.54) is 90.9 Å². The monoisotopic (exact) mass is 1500 g/mol. The summed E-state index contributed by atoms with van der Waals surface area (Å²) in [6.07, 6.45) is 35.1. The Labute approximate surface area is 622 Å². The summed E-state index contributed by atoms with van der Waals surface area (Å²) in [5, 5.41) is 0. The summed E-state index contributed by atoms with van der Waals surface area (Å²) in [6, 6.07) is 28.3. The molecule has 0 unspecified atom stereocenters. The van der Waals surface area contributed by atoms with Crippen LogP contribution in [0.5, 0.6) is 17.2 Å². The van der Waals surface area contributed by atoms with Crippen LogP contribution in [-0.2, 0) is 77.1 Å². The quantitative estimate of drug-likeness (QED) is 0.0375. The van der Waals surface area contributed by atoms with Gasteiger partial charge in [-0.05, 0) is 62.1 Å². The van der Waals surface area contributed by atoms with Crippen molar-refractivity contribution in [2.45, 2.75) is 260 Å². The van der Waals surface area contributed by atoms with Crippen LogP contribution in [0.4, 0.5) is 0 Å². The minimum atomic E-state index is -2.97. The number of carbonyl (C=O) groups is 6. The summed E-state index contributed by atoms with van der Waals surface area (Å²) >= 11 is -25.1. The van der Waals surface area contributed by atoms with Crippen molar-refractivity contribution < 1.29 is 88.4 Å². The summed E-state index contributed by atoms with van der Waals surface area (Å²) in [7, 11) is 0. The average Bonchev–Trinajstić information content (AvgIpc) is 0.912. The highest BCUT2D eigenvalue weighted by molar-refractivity contribution is 6.70. The highest BCUT2D eigenvalue weighted by Crippen LogP contribution is 2.23. The van der Waals surface area contributed by atoms with E-state index in [0.717, 1.165) is 116 Å². The molecule has 6 rings (SSSR count). The zero-order valence-corrected chi connectivity index (χ0v) is 68.6. The van der Waals surface area contributed by atoms with Crippen LogP contribution in [0, 0.1) is 0 Å². The zero-order chi connectivity index (χ0) is 69.8. The largest absolute Gasteiger partial charge is 0.949 e. The van der Waals surface area contributed by atoms with Crippen LogP contribution in [0.1, 0.15) is 260 Å². The predicted octanol–water partition coefficient (Wildman–Crippen LogP) is 13.9. The first-order valence-corrected chi connectivity index (χ1v) is 48.1. The number of benzene rings is 3. The van der Waals surface area contributed by atoms with Gasteiger partial charge in [-0.1, -0.05) is 249 Å². The third-order valence-corrected chi connectivity index (χ3v) is 35.1. The Balaban J connectivity index is 0.000000312. The number of hydrogen-bond donors (Lipinski definition) is 0. The van der Waals surface area contributed by atoms with E-state index in [-0.39, 0.29) is 25.7 Å². The molecule has 0 bridgehead atoms. The van der Waals surface area contributed by atoms with Crippen LogP contribution in [0.15, 0.2) is 91.0 Å². The molecular formula is C64H101Al9O24. The van der Waals surface area contributed by atoms with Gasteiger partial charge in [-0.25, -0.2) is 0 Å². The molecule has 3 fully saturated rings. The molecule has 0 saturated carbocycles. The van der Waals surface area contributed by atoms with Crippen LogP contribution in [0.2, 0.25) is 0 Å². The second-order valence-electron chi connectivity index (χ2n) is 23.5. The van der Waals surface area contributed by atoms with Crippen molar-refractivity contribution >= 4 is 172 Å². The molecule has 0 atom stereocenters. The fourth-order valence-corrected chi connectivity index (χ4v) is 30.7. The molecule has 0 aromatic heterocycles. The first-order valence-electron chi connectivity index (χ1n) is 35.4. The van der Waals surface area contributed by atoms with Gasteiger partial charge in [0.25, 0.3) is 35.8 Å². The first-order chi connectivity index (χ1) is 47.2. The van der Waals surface area contributed by atoms with Crippen molar-refractivity contribution in [1.82, 2.24) is 0 Å². The number of para-hydroxylation sites is 3. The Morgan fingerprint density at radius 1 is 0.247 bits per heavy atom. The fourth-order valence-electron chi connectivity index (χ4n) is 9.63. The van der Waals surface area contributed by atoms with Gasteiger partial charge in [0, 0.05) is 39.5 Å². The van der Waals surface area contributed by atoms with E-state index in [1.54, 1.807) is 0 Å². The molecule has 3 aromatic carbocycles. The highest BCUT2D eigenvalue weighted by atomic mass is 27.4. The lowest BCUT2D eigenvalue weighted by Crippen LogP contribution is -2.56. The lowest BCUT2D eigenvalue weighted by Gasteiger charge is -2.27. The summed E-state index contributed by atoms with van der Waals surface area (Å²) in [5.74, 6) is -0.723. The summed E-state index contributed by atoms with van der Waals surface area (Å²) < 4.78 is 100. The van der Waals surface area contributed by atoms with Crippen molar-refractivity contribution in [2.24, 2.45) is 0 Å². The lowest BCUT2D eigenvalue weighted by atomic mass is 10.0. The minimum absolute atomic E-state index is 0.272. The Hall–Kier alpha value is -1.69. The van der Waals surface area contributed by atoms with Crippen molar-refractivity contribution in [1.29, 1.82) is 0 Å². The molecule has 3 aromatic rings. The van der Waals surface area contributed by atoms with E-state index in [1.807, 2.05) is 91.0 Å². The van der Waals surface area contributed by atoms with Crippen LogP contribution in [-0.4, -0.2) is 172 Å². The number of rotatable bonds is 46. The maximum Gasteiger partial charge on any atom is 0.949 e. The minimum Gasteiger partial charge on any atom is -0.601 e. The molecule has 0 spiro atoms. The van der Waals surface area contributed by atoms with Gasteiger partial charge >= 0.3 is 136 Å². The van der Waals surface area contributed by atoms with Gasteiger partial charge < -0.3 is 59.7 Å². The molecule has 3 heterocycles. The van der Waals surface area contributed by atoms with Gasteiger partial charge in [-0.2, -0.15) is 0 Å². The number of carbonyl (C=O) groups excluding carboxylic acids is 6. The van der Waals surface area contributed by atoms with E-state index in [9.17, 15) is 28.8 Å². The smallest absolute Gasteiger partial charge is 0.601 e. The molecule has 3 aliphatic heterocycles. The maximum atomic E-state index is 12.3. The summed E-state index contributed by atoms with van der Waals surface area (Å²) in [6.45, 7) is 11.1. The highest BCUT2D eigenvalue weighted by Gasteiger charge is 2.64. The third-order valence-electron chi connectivity index (χ3n) is 14.8. The van der Waals surface area contributed by atoms with Crippen molar-refractivity contribution in [3.05, 3.63) is 91.0 Å². The van der Waals surface area contributed by atoms with Gasteiger partial charge in [0.1, 0.15) is 0 Å². The van der Waals surface area contributed by atoms with E-state index in [4.69, 9.17) is 59.7 Å². The molecule has 33 heteroatoms. The lowest BCUT2D eigenvalue weighted by molar-refractivity contribution is -0.142. The Kier molecular flexibility index (Phi) is 52.2. The van der Waals surface area contributed by atoms with E-state index >= 15 is 0 Å². The molecule has 0 N–H and O–H groups in total. The van der Waals surface area contributed by atoms with E-state index in [2.05, 4.69) is 27.7 Å². The third kappa shape index (κ3) is 45.9. The molecule has 0 radical (unpaired) electrons. The standard InChI is InChI=1S/C18H36O2.3C8H16O2.3C6H6O.2C2H4O2.9Al.9O/c1-2-3-4-5-6-7-8-9-10-11-12-13-14-15-16-17-18(19)20;3*1-2-3-4-5-6-7-8(9)10;3*7-6-4-2-1-3-5-6;2*1-2(3)4;;;;;;;;;;;;;;;;;;/h2-17H2,1H3,(H,19,20);3*2-7H2,1H3,(H,9,10);3*1-5,7H;2*1H3,(H,3,4);;;;;;;;;;;;;;;;;;/q;;;;;;;;;9*+1;;;;;;;;;/p-9. The van der Waals surface area contributed by atoms with Crippen LogP contribution in [0.25, 0.3) is 0 Å². The average molecular weight is 1500 g/mol. The molecule has 97 heavy (non-hydrogen) atoms. The Morgan fingerprint density at radius 2 is 0.423 bits per heavy atom. The molecule has 24 nitrogen and oxygen atoms in total. The summed E-state index contributed by atoms with van der Waals surface area (Å²) in [5.41, 5.74) is 0. The fraction of sp³-hybridized carbons (Fsp3) is 0.625. The topological polar surface area (TPSA) is 269 Å². The number of hydrogen-bond acceptors (Lipinski definition) is 24. The Bertz CT molecular complexity index is 2320.